The second-order valence-electron chi connectivity index (χ2n) is 16.2. The summed E-state index contributed by atoms with van der Waals surface area (Å²) in [4.78, 5) is 49.7. The number of ketones is 1. The van der Waals surface area contributed by atoms with Crippen LogP contribution in [0.1, 0.15) is 64.7 Å². The third-order valence-electron chi connectivity index (χ3n) is 11.4. The number of likely N-dealkylation sites (N-methyl/N-ethyl adjacent to an activating group) is 2. The fourth-order valence-electron chi connectivity index (χ4n) is 8.15. The normalized spacial score (nSPS) is 34.6. The van der Waals surface area contributed by atoms with Crippen molar-refractivity contribution in [3.8, 4) is 5.75 Å². The minimum absolute atomic E-state index is 0.0262. The first kappa shape index (κ1) is 42.1. The van der Waals surface area contributed by atoms with Gasteiger partial charge in [-0.05, 0) is 85.8 Å². The zero-order chi connectivity index (χ0) is 38.5. The summed E-state index contributed by atoms with van der Waals surface area (Å²) < 4.78 is 30.3. The van der Waals surface area contributed by atoms with Crippen LogP contribution in [-0.2, 0) is 28.5 Å². The summed E-state index contributed by atoms with van der Waals surface area (Å²) in [5, 5.41) is 11.4. The zero-order valence-corrected chi connectivity index (χ0v) is 33.3. The van der Waals surface area contributed by atoms with Gasteiger partial charge in [-0.1, -0.05) is 19.9 Å². The first-order chi connectivity index (χ1) is 24.4. The number of methoxy groups -OCH3 is 2. The van der Waals surface area contributed by atoms with E-state index in [2.05, 4.69) is 16.7 Å². The molecule has 3 saturated heterocycles. The molecule has 1 aromatic carbocycles. The standard InChI is InChI=1S/C39H64N4O9/c1-25-21-39(6,49-11)34(52-36-32(44)31(40(7)8)19-26(2)51-36)27(3)33(45)38(4,5)37(47)50-24-29(41(9)22-25)23-42-15-17-43(18-16-42)35(46)28-13-12-14-30(20-28)48-10/h12-14,20,25-27,29,31-32,34,36,44H,15-19,21-24H2,1-11H3/t25-,26-,27+,29-,31+,32-,34-,36+,39-/m1/s1. The van der Waals surface area contributed by atoms with E-state index in [1.54, 1.807) is 47.1 Å². The molecule has 0 aliphatic carbocycles. The topological polar surface area (TPSA) is 131 Å². The molecule has 0 saturated carbocycles. The van der Waals surface area contributed by atoms with Gasteiger partial charge in [-0.15, -0.1) is 0 Å². The van der Waals surface area contributed by atoms with Gasteiger partial charge in [-0.25, -0.2) is 0 Å². The third kappa shape index (κ3) is 9.71. The SMILES string of the molecule is COc1cccc(C(=O)N2CCN(C[C@@H]3COC(=O)C(C)(C)C(=O)[C@H](C)[C@@H](O[C@@H]4O[C@H](C)C[C@H](N(C)C)[C@H]4O)[C@](C)(OC)C[C@@H](C)CN3C)CC2)c1. The number of carbonyl (C=O) groups is 3. The van der Waals surface area contributed by atoms with Crippen molar-refractivity contribution in [1.29, 1.82) is 0 Å². The number of esters is 1. The van der Waals surface area contributed by atoms with Crippen molar-refractivity contribution in [2.24, 2.45) is 17.3 Å². The Morgan fingerprint density at radius 3 is 2.35 bits per heavy atom. The number of nitrogens with zero attached hydrogens (tertiary/aromatic N) is 4. The molecule has 1 aromatic rings. The maximum atomic E-state index is 14.3. The van der Waals surface area contributed by atoms with Gasteiger partial charge in [0.2, 0.25) is 0 Å². The highest BCUT2D eigenvalue weighted by atomic mass is 16.7. The van der Waals surface area contributed by atoms with Crippen molar-refractivity contribution < 1.29 is 43.2 Å². The van der Waals surface area contributed by atoms with E-state index >= 15 is 0 Å². The molecule has 3 aliphatic rings. The molecule has 0 aromatic heterocycles. The molecule has 4 rings (SSSR count). The fraction of sp³-hybridized carbons (Fsp3) is 0.769. The van der Waals surface area contributed by atoms with E-state index < -0.39 is 41.4 Å². The highest BCUT2D eigenvalue weighted by Gasteiger charge is 2.51. The molecule has 0 bridgehead atoms. The third-order valence-corrected chi connectivity index (χ3v) is 11.4. The maximum absolute atomic E-state index is 14.3. The Labute approximate surface area is 310 Å². The molecule has 0 spiro atoms. The molecular formula is C39H64N4O9. The van der Waals surface area contributed by atoms with Gasteiger partial charge in [-0.3, -0.25) is 24.2 Å². The van der Waals surface area contributed by atoms with Crippen LogP contribution in [0.5, 0.6) is 5.75 Å². The van der Waals surface area contributed by atoms with Crippen LogP contribution in [0.15, 0.2) is 24.3 Å². The molecule has 52 heavy (non-hydrogen) atoms. The van der Waals surface area contributed by atoms with Crippen LogP contribution >= 0.6 is 0 Å². The van der Waals surface area contributed by atoms with E-state index in [1.165, 1.54) is 0 Å². The number of amides is 1. The maximum Gasteiger partial charge on any atom is 0.319 e. The number of Topliss-reactive ketones (excluding diaryl/α,β-unsaturated/α-hetero) is 1. The van der Waals surface area contributed by atoms with Crippen LogP contribution in [0.2, 0.25) is 0 Å². The summed E-state index contributed by atoms with van der Waals surface area (Å²) in [7, 11) is 9.06. The average molecular weight is 733 g/mol. The van der Waals surface area contributed by atoms with Crippen LogP contribution < -0.4 is 4.74 Å². The van der Waals surface area contributed by atoms with E-state index in [4.69, 9.17) is 23.7 Å². The van der Waals surface area contributed by atoms with Gasteiger partial charge in [0.15, 0.2) is 12.1 Å². The number of rotatable bonds is 8. The summed E-state index contributed by atoms with van der Waals surface area (Å²) in [5.41, 5.74) is -1.85. The predicted molar refractivity (Wildman–Crippen MR) is 197 cm³/mol. The largest absolute Gasteiger partial charge is 0.497 e. The summed E-state index contributed by atoms with van der Waals surface area (Å²) in [5.74, 6) is -1.03. The molecule has 13 nitrogen and oxygen atoms in total. The number of hydrogen-bond donors (Lipinski definition) is 1. The Hall–Kier alpha value is -2.65. The van der Waals surface area contributed by atoms with Crippen molar-refractivity contribution >= 4 is 17.7 Å². The second-order valence-corrected chi connectivity index (χ2v) is 16.2. The van der Waals surface area contributed by atoms with Gasteiger partial charge in [0.05, 0.1) is 31.0 Å². The number of ether oxygens (including phenoxy) is 5. The van der Waals surface area contributed by atoms with Gasteiger partial charge in [0.25, 0.3) is 5.91 Å². The van der Waals surface area contributed by atoms with E-state index in [0.29, 0.717) is 63.4 Å². The van der Waals surface area contributed by atoms with E-state index in [1.807, 2.05) is 56.9 Å². The smallest absolute Gasteiger partial charge is 0.319 e. The number of cyclic esters (lactones) is 1. The molecule has 3 heterocycles. The first-order valence-electron chi connectivity index (χ1n) is 18.7. The molecule has 0 radical (unpaired) electrons. The lowest BCUT2D eigenvalue weighted by atomic mass is 9.74. The van der Waals surface area contributed by atoms with E-state index in [0.717, 1.165) is 0 Å². The van der Waals surface area contributed by atoms with Gasteiger partial charge in [-0.2, -0.15) is 0 Å². The number of piperazine rings is 1. The molecule has 0 unspecified atom stereocenters. The van der Waals surface area contributed by atoms with Crippen LogP contribution in [0.3, 0.4) is 0 Å². The summed E-state index contributed by atoms with van der Waals surface area (Å²) >= 11 is 0. The van der Waals surface area contributed by atoms with Gasteiger partial charge < -0.3 is 38.6 Å². The molecule has 294 valence electrons. The predicted octanol–water partition coefficient (Wildman–Crippen LogP) is 2.78. The highest BCUT2D eigenvalue weighted by Crippen LogP contribution is 2.38. The number of carbonyl (C=O) groups excluding carboxylic acids is 3. The van der Waals surface area contributed by atoms with Crippen molar-refractivity contribution in [2.45, 2.75) is 96.7 Å². The Morgan fingerprint density at radius 2 is 1.73 bits per heavy atom. The molecular weight excluding hydrogens is 668 g/mol. The fourth-order valence-corrected chi connectivity index (χ4v) is 8.15. The van der Waals surface area contributed by atoms with Crippen LogP contribution in [0, 0.1) is 17.3 Å². The molecule has 1 amide bonds. The lowest BCUT2D eigenvalue weighted by Gasteiger charge is -2.47. The molecule has 3 fully saturated rings. The average Bonchev–Trinajstić information content (AvgIpc) is 3.11. The van der Waals surface area contributed by atoms with Crippen molar-refractivity contribution in [1.82, 2.24) is 19.6 Å². The van der Waals surface area contributed by atoms with Crippen LogP contribution in [-0.4, -0.2) is 166 Å². The van der Waals surface area contributed by atoms with E-state index in [-0.39, 0.29) is 42.4 Å². The number of hydrogen-bond acceptors (Lipinski definition) is 12. The molecule has 9 atom stereocenters. The molecule has 13 heteroatoms. The summed E-state index contributed by atoms with van der Waals surface area (Å²) in [6.45, 7) is 14.9. The summed E-state index contributed by atoms with van der Waals surface area (Å²) in [6, 6.07) is 6.85. The quantitative estimate of drug-likeness (QED) is 0.312. The van der Waals surface area contributed by atoms with Crippen LogP contribution in [0.4, 0.5) is 0 Å². The zero-order valence-electron chi connectivity index (χ0n) is 33.3. The number of benzene rings is 1. The Morgan fingerprint density at radius 1 is 1.06 bits per heavy atom. The van der Waals surface area contributed by atoms with Gasteiger partial charge >= 0.3 is 5.97 Å². The summed E-state index contributed by atoms with van der Waals surface area (Å²) in [6.07, 6.45) is -1.80. The lowest BCUT2D eigenvalue weighted by Crippen LogP contribution is -2.59. The van der Waals surface area contributed by atoms with Crippen LogP contribution in [0.25, 0.3) is 0 Å². The minimum Gasteiger partial charge on any atom is -0.497 e. The van der Waals surface area contributed by atoms with E-state index in [9.17, 15) is 19.5 Å². The van der Waals surface area contributed by atoms with Gasteiger partial charge in [0.1, 0.15) is 23.9 Å². The lowest BCUT2D eigenvalue weighted by molar-refractivity contribution is -0.295. The Balaban J connectivity index is 1.53. The molecule has 1 N–H and O–H groups in total. The number of aliphatic hydroxyl groups is 1. The molecule has 3 aliphatic heterocycles. The second kappa shape index (κ2) is 17.7. The highest BCUT2D eigenvalue weighted by molar-refractivity contribution is 6.04. The first-order valence-corrected chi connectivity index (χ1v) is 18.7. The monoisotopic (exact) mass is 732 g/mol. The minimum atomic E-state index is -1.48. The number of aliphatic hydroxyl groups excluding tert-OH is 1. The Kier molecular flexibility index (Phi) is 14.3. The van der Waals surface area contributed by atoms with Crippen molar-refractivity contribution in [3.05, 3.63) is 29.8 Å². The van der Waals surface area contributed by atoms with Gasteiger partial charge in [0, 0.05) is 63.9 Å². The van der Waals surface area contributed by atoms with Crippen molar-refractivity contribution in [2.75, 3.05) is 81.2 Å². The Bertz CT molecular complexity index is 1370. The van der Waals surface area contributed by atoms with Crippen molar-refractivity contribution in [3.63, 3.8) is 0 Å².